The molecular weight excluding hydrogens is 352 g/mol. The third-order valence-electron chi connectivity index (χ3n) is 3.14. The summed E-state index contributed by atoms with van der Waals surface area (Å²) in [4.78, 5) is 0.361. The SMILES string of the molecule is CCCN(CCC)S(=O)(=O)c1cc(CNCC)ccc1Br. The van der Waals surface area contributed by atoms with Gasteiger partial charge in [-0.05, 0) is 53.0 Å². The molecule has 0 fully saturated rings. The highest BCUT2D eigenvalue weighted by molar-refractivity contribution is 9.10. The average molecular weight is 377 g/mol. The monoisotopic (exact) mass is 376 g/mol. The maximum Gasteiger partial charge on any atom is 0.244 e. The lowest BCUT2D eigenvalue weighted by atomic mass is 10.2. The standard InChI is InChI=1S/C15H25BrN2O2S/c1-4-9-18(10-5-2)21(19,20)15-11-13(12-17-6-3)7-8-14(15)16/h7-8,11,17H,4-6,9-10,12H2,1-3H3. The van der Waals surface area contributed by atoms with Gasteiger partial charge < -0.3 is 5.32 Å². The molecule has 120 valence electrons. The molecule has 21 heavy (non-hydrogen) atoms. The lowest BCUT2D eigenvalue weighted by Crippen LogP contribution is -2.33. The van der Waals surface area contributed by atoms with Crippen LogP contribution in [0.2, 0.25) is 0 Å². The van der Waals surface area contributed by atoms with Gasteiger partial charge in [0, 0.05) is 24.1 Å². The van der Waals surface area contributed by atoms with Crippen LogP contribution in [0, 0.1) is 0 Å². The molecule has 0 aliphatic rings. The van der Waals surface area contributed by atoms with Gasteiger partial charge >= 0.3 is 0 Å². The number of nitrogens with one attached hydrogen (secondary N) is 1. The van der Waals surface area contributed by atoms with Crippen molar-refractivity contribution in [2.45, 2.75) is 45.1 Å². The van der Waals surface area contributed by atoms with E-state index in [0.717, 1.165) is 24.9 Å². The van der Waals surface area contributed by atoms with Crippen LogP contribution in [0.5, 0.6) is 0 Å². The van der Waals surface area contributed by atoms with E-state index in [4.69, 9.17) is 0 Å². The Kier molecular flexibility index (Phi) is 7.87. The zero-order valence-corrected chi connectivity index (χ0v) is 15.4. The molecule has 1 N–H and O–H groups in total. The van der Waals surface area contributed by atoms with Gasteiger partial charge in [0.1, 0.15) is 0 Å². The molecule has 0 amide bonds. The van der Waals surface area contributed by atoms with E-state index in [1.54, 1.807) is 10.4 Å². The number of hydrogen-bond acceptors (Lipinski definition) is 3. The first kappa shape index (κ1) is 18.6. The molecule has 0 aliphatic heterocycles. The van der Waals surface area contributed by atoms with Crippen LogP contribution in [0.3, 0.4) is 0 Å². The summed E-state index contributed by atoms with van der Waals surface area (Å²) in [5.41, 5.74) is 0.978. The molecule has 0 aliphatic carbocycles. The lowest BCUT2D eigenvalue weighted by Gasteiger charge is -2.22. The Morgan fingerprint density at radius 2 is 1.76 bits per heavy atom. The van der Waals surface area contributed by atoms with Crippen molar-refractivity contribution in [2.24, 2.45) is 0 Å². The summed E-state index contributed by atoms with van der Waals surface area (Å²) in [5, 5.41) is 3.22. The number of hydrogen-bond donors (Lipinski definition) is 1. The minimum Gasteiger partial charge on any atom is -0.313 e. The van der Waals surface area contributed by atoms with E-state index < -0.39 is 10.0 Å². The minimum atomic E-state index is -3.44. The van der Waals surface area contributed by atoms with Crippen LogP contribution in [-0.4, -0.2) is 32.4 Å². The Morgan fingerprint density at radius 1 is 1.14 bits per heavy atom. The van der Waals surface area contributed by atoms with Crippen LogP contribution in [0.15, 0.2) is 27.6 Å². The van der Waals surface area contributed by atoms with Crippen LogP contribution in [0.4, 0.5) is 0 Å². The Bertz CT molecular complexity index is 541. The second-order valence-electron chi connectivity index (χ2n) is 4.95. The summed E-state index contributed by atoms with van der Waals surface area (Å²) < 4.78 is 27.9. The highest BCUT2D eigenvalue weighted by atomic mass is 79.9. The van der Waals surface area contributed by atoms with E-state index in [-0.39, 0.29) is 0 Å². The summed E-state index contributed by atoms with van der Waals surface area (Å²) in [6.07, 6.45) is 1.63. The van der Waals surface area contributed by atoms with E-state index in [1.165, 1.54) is 0 Å². The third kappa shape index (κ3) is 5.06. The summed E-state index contributed by atoms with van der Waals surface area (Å²) in [6, 6.07) is 5.52. The first-order chi connectivity index (χ1) is 9.97. The van der Waals surface area contributed by atoms with Crippen LogP contribution in [0.25, 0.3) is 0 Å². The molecule has 0 heterocycles. The maximum absolute atomic E-state index is 12.8. The maximum atomic E-state index is 12.8. The molecule has 0 spiro atoms. The Morgan fingerprint density at radius 3 is 2.29 bits per heavy atom. The number of rotatable bonds is 9. The van der Waals surface area contributed by atoms with E-state index in [0.29, 0.717) is 29.0 Å². The molecule has 0 saturated heterocycles. The summed E-state index contributed by atoms with van der Waals surface area (Å²) in [7, 11) is -3.44. The molecule has 0 saturated carbocycles. The van der Waals surface area contributed by atoms with Crippen molar-refractivity contribution >= 4 is 26.0 Å². The molecule has 0 atom stereocenters. The van der Waals surface area contributed by atoms with Gasteiger partial charge in [0.05, 0.1) is 4.90 Å². The highest BCUT2D eigenvalue weighted by Gasteiger charge is 2.25. The largest absolute Gasteiger partial charge is 0.313 e. The fourth-order valence-electron chi connectivity index (χ4n) is 2.11. The molecule has 4 nitrogen and oxygen atoms in total. The summed E-state index contributed by atoms with van der Waals surface area (Å²) in [6.45, 7) is 8.66. The number of halogens is 1. The quantitative estimate of drug-likeness (QED) is 0.718. The Balaban J connectivity index is 3.15. The average Bonchev–Trinajstić information content (AvgIpc) is 2.46. The van der Waals surface area contributed by atoms with E-state index in [2.05, 4.69) is 21.2 Å². The van der Waals surface area contributed by atoms with Crippen LogP contribution < -0.4 is 5.32 Å². The lowest BCUT2D eigenvalue weighted by molar-refractivity contribution is 0.409. The van der Waals surface area contributed by atoms with Crippen molar-refractivity contribution in [2.75, 3.05) is 19.6 Å². The van der Waals surface area contributed by atoms with Crippen molar-refractivity contribution in [3.05, 3.63) is 28.2 Å². The second kappa shape index (κ2) is 8.88. The number of nitrogens with zero attached hydrogens (tertiary/aromatic N) is 1. The fraction of sp³-hybridized carbons (Fsp3) is 0.600. The predicted molar refractivity (Wildman–Crippen MR) is 90.9 cm³/mol. The first-order valence-electron chi connectivity index (χ1n) is 7.46. The topological polar surface area (TPSA) is 49.4 Å². The molecule has 1 aromatic carbocycles. The number of sulfonamides is 1. The second-order valence-corrected chi connectivity index (χ2v) is 7.71. The smallest absolute Gasteiger partial charge is 0.244 e. The molecule has 0 radical (unpaired) electrons. The molecule has 0 bridgehead atoms. The van der Waals surface area contributed by atoms with Gasteiger partial charge in [0.2, 0.25) is 10.0 Å². The zero-order chi connectivity index (χ0) is 15.9. The van der Waals surface area contributed by atoms with Gasteiger partial charge in [-0.25, -0.2) is 8.42 Å². The molecule has 0 unspecified atom stereocenters. The fourth-order valence-corrected chi connectivity index (χ4v) is 4.71. The Labute approximate surface area is 137 Å². The zero-order valence-electron chi connectivity index (χ0n) is 13.0. The van der Waals surface area contributed by atoms with Crippen molar-refractivity contribution in [3.8, 4) is 0 Å². The molecular formula is C15H25BrN2O2S. The van der Waals surface area contributed by atoms with Crippen molar-refractivity contribution in [3.63, 3.8) is 0 Å². The molecule has 1 aromatic rings. The van der Waals surface area contributed by atoms with Gasteiger partial charge in [0.25, 0.3) is 0 Å². The normalized spacial score (nSPS) is 12.0. The molecule has 6 heteroatoms. The van der Waals surface area contributed by atoms with E-state index >= 15 is 0 Å². The van der Waals surface area contributed by atoms with E-state index in [9.17, 15) is 8.42 Å². The van der Waals surface area contributed by atoms with Gasteiger partial charge in [-0.15, -0.1) is 0 Å². The Hall–Kier alpha value is -0.430. The van der Waals surface area contributed by atoms with E-state index in [1.807, 2.05) is 32.9 Å². The van der Waals surface area contributed by atoms with Gasteiger partial charge in [-0.2, -0.15) is 4.31 Å². The summed E-state index contributed by atoms with van der Waals surface area (Å²) in [5.74, 6) is 0. The van der Waals surface area contributed by atoms with Crippen LogP contribution in [0.1, 0.15) is 39.2 Å². The van der Waals surface area contributed by atoms with Gasteiger partial charge in [-0.1, -0.05) is 26.8 Å². The van der Waals surface area contributed by atoms with Crippen LogP contribution in [-0.2, 0) is 16.6 Å². The molecule has 0 aromatic heterocycles. The number of benzene rings is 1. The van der Waals surface area contributed by atoms with Gasteiger partial charge in [0.15, 0.2) is 0 Å². The highest BCUT2D eigenvalue weighted by Crippen LogP contribution is 2.26. The predicted octanol–water partition coefficient (Wildman–Crippen LogP) is 3.37. The first-order valence-corrected chi connectivity index (χ1v) is 9.69. The molecule has 1 rings (SSSR count). The van der Waals surface area contributed by atoms with Crippen molar-refractivity contribution < 1.29 is 8.42 Å². The van der Waals surface area contributed by atoms with Crippen LogP contribution >= 0.6 is 15.9 Å². The minimum absolute atomic E-state index is 0.361. The van der Waals surface area contributed by atoms with Gasteiger partial charge in [-0.3, -0.25) is 0 Å². The van der Waals surface area contributed by atoms with Crippen molar-refractivity contribution in [1.29, 1.82) is 0 Å². The third-order valence-corrected chi connectivity index (χ3v) is 6.03. The summed E-state index contributed by atoms with van der Waals surface area (Å²) >= 11 is 3.38. The van der Waals surface area contributed by atoms with Crippen molar-refractivity contribution in [1.82, 2.24) is 9.62 Å².